The minimum Gasteiger partial charge on any atom is -0.467 e. The van der Waals surface area contributed by atoms with E-state index in [4.69, 9.17) is 13.6 Å². The molecule has 1 aromatic carbocycles. The predicted octanol–water partition coefficient (Wildman–Crippen LogP) is 3.28. The summed E-state index contributed by atoms with van der Waals surface area (Å²) < 4.78 is 16.3. The van der Waals surface area contributed by atoms with Crippen LogP contribution in [0.3, 0.4) is 0 Å². The number of fused-ring (bicyclic) bond motifs is 1. The molecule has 0 aliphatic heterocycles. The van der Waals surface area contributed by atoms with Crippen LogP contribution in [-0.4, -0.2) is 24.5 Å². The van der Waals surface area contributed by atoms with E-state index in [-0.39, 0.29) is 12.3 Å². The predicted molar refractivity (Wildman–Crippen MR) is 98.0 cm³/mol. The maximum Gasteiger partial charge on any atom is 0.375 e. The molecule has 8 nitrogen and oxygen atoms in total. The Morgan fingerprint density at radius 2 is 2.04 bits per heavy atom. The Hall–Kier alpha value is -3.07. The fraction of sp³-hybridized carbons (Fsp3) is 0.167. The molecule has 9 heteroatoms. The summed E-state index contributed by atoms with van der Waals surface area (Å²) >= 11 is 3.36. The molecule has 0 radical (unpaired) electrons. The number of hydrogen-bond donors (Lipinski definition) is 2. The topological polar surface area (TPSA) is 111 Å². The van der Waals surface area contributed by atoms with Crippen molar-refractivity contribution in [1.82, 2.24) is 10.6 Å². The average Bonchev–Trinajstić information content (AvgIpc) is 3.26. The molecule has 0 saturated carbocycles. The van der Waals surface area contributed by atoms with Gasteiger partial charge in [-0.2, -0.15) is 0 Å². The lowest BCUT2D eigenvalue weighted by molar-refractivity contribution is -0.123. The van der Waals surface area contributed by atoms with Crippen molar-refractivity contribution in [3.05, 3.63) is 58.2 Å². The summed E-state index contributed by atoms with van der Waals surface area (Å²) in [4.78, 5) is 35.5. The number of nitrogens with one attached hydrogen (secondary N) is 2. The number of esters is 1. The molecule has 0 atom stereocenters. The van der Waals surface area contributed by atoms with Crippen molar-refractivity contribution in [2.45, 2.75) is 13.5 Å². The van der Waals surface area contributed by atoms with E-state index in [9.17, 15) is 14.4 Å². The van der Waals surface area contributed by atoms with Crippen LogP contribution in [0.4, 0.5) is 4.79 Å². The lowest BCUT2D eigenvalue weighted by Gasteiger charge is -2.06. The van der Waals surface area contributed by atoms with Crippen LogP contribution in [-0.2, 0) is 16.1 Å². The first-order chi connectivity index (χ1) is 12.9. The Morgan fingerprint density at radius 3 is 2.78 bits per heavy atom. The van der Waals surface area contributed by atoms with Gasteiger partial charge in [-0.1, -0.05) is 15.9 Å². The third-order valence-electron chi connectivity index (χ3n) is 3.67. The highest BCUT2D eigenvalue weighted by Crippen LogP contribution is 2.28. The van der Waals surface area contributed by atoms with E-state index in [1.807, 2.05) is 6.07 Å². The van der Waals surface area contributed by atoms with Gasteiger partial charge in [-0.05, 0) is 37.3 Å². The van der Waals surface area contributed by atoms with E-state index < -0.39 is 24.5 Å². The highest BCUT2D eigenvalue weighted by atomic mass is 79.9. The number of benzene rings is 1. The van der Waals surface area contributed by atoms with Crippen molar-refractivity contribution in [3.63, 3.8) is 0 Å². The molecule has 2 heterocycles. The zero-order valence-electron chi connectivity index (χ0n) is 14.2. The smallest absolute Gasteiger partial charge is 0.375 e. The van der Waals surface area contributed by atoms with Crippen molar-refractivity contribution in [2.24, 2.45) is 0 Å². The summed E-state index contributed by atoms with van der Waals surface area (Å²) in [7, 11) is 0. The Bertz CT molecular complexity index is 993. The molecule has 0 aliphatic rings. The molecule has 2 aromatic heterocycles. The number of aryl methyl sites for hydroxylation is 1. The largest absolute Gasteiger partial charge is 0.467 e. The summed E-state index contributed by atoms with van der Waals surface area (Å²) in [6.45, 7) is 1.23. The van der Waals surface area contributed by atoms with Crippen molar-refractivity contribution in [1.29, 1.82) is 0 Å². The monoisotopic (exact) mass is 434 g/mol. The first kappa shape index (κ1) is 18.7. The molecule has 0 fully saturated rings. The van der Waals surface area contributed by atoms with Gasteiger partial charge in [0.25, 0.3) is 5.91 Å². The second kappa shape index (κ2) is 8.09. The summed E-state index contributed by atoms with van der Waals surface area (Å²) in [5.74, 6) is -1.00. The molecule has 27 heavy (non-hydrogen) atoms. The first-order valence-corrected chi connectivity index (χ1v) is 8.69. The zero-order valence-corrected chi connectivity index (χ0v) is 15.8. The van der Waals surface area contributed by atoms with Gasteiger partial charge >= 0.3 is 12.0 Å². The standard InChI is InChI=1S/C18H15BrN2O6/c1-10-13-7-11(19)4-5-14(13)27-16(10)17(23)26-9-15(22)21-18(24)20-8-12-3-2-6-25-12/h2-7H,8-9H2,1H3,(H2,20,21,22,24). The number of urea groups is 1. The van der Waals surface area contributed by atoms with Crippen molar-refractivity contribution < 1.29 is 28.0 Å². The fourth-order valence-corrected chi connectivity index (χ4v) is 2.73. The number of carbonyl (C=O) groups is 3. The van der Waals surface area contributed by atoms with Gasteiger partial charge in [-0.25, -0.2) is 9.59 Å². The van der Waals surface area contributed by atoms with Crippen LogP contribution in [0.15, 0.2) is 49.9 Å². The van der Waals surface area contributed by atoms with E-state index in [1.54, 1.807) is 31.2 Å². The molecular formula is C18H15BrN2O6. The molecule has 0 spiro atoms. The van der Waals surface area contributed by atoms with Crippen LogP contribution in [0.2, 0.25) is 0 Å². The van der Waals surface area contributed by atoms with Crippen LogP contribution in [0.5, 0.6) is 0 Å². The minimum atomic E-state index is -0.786. The highest BCUT2D eigenvalue weighted by molar-refractivity contribution is 9.10. The normalized spacial score (nSPS) is 10.6. The maximum atomic E-state index is 12.2. The van der Waals surface area contributed by atoms with E-state index in [2.05, 4.69) is 26.6 Å². The molecule has 2 N–H and O–H groups in total. The average molecular weight is 435 g/mol. The quantitative estimate of drug-likeness (QED) is 0.596. The maximum absolute atomic E-state index is 12.2. The Labute approximate surface area is 162 Å². The van der Waals surface area contributed by atoms with Gasteiger partial charge in [0, 0.05) is 15.4 Å². The number of furan rings is 2. The highest BCUT2D eigenvalue weighted by Gasteiger charge is 2.20. The first-order valence-electron chi connectivity index (χ1n) is 7.90. The molecule has 3 rings (SSSR count). The number of amides is 3. The summed E-state index contributed by atoms with van der Waals surface area (Å²) in [6.07, 6.45) is 1.47. The number of rotatable bonds is 5. The lowest BCUT2D eigenvalue weighted by Crippen LogP contribution is -2.41. The molecule has 0 unspecified atom stereocenters. The number of halogens is 1. The van der Waals surface area contributed by atoms with E-state index in [0.29, 0.717) is 16.9 Å². The number of carbonyl (C=O) groups excluding carboxylic acids is 3. The van der Waals surface area contributed by atoms with Gasteiger partial charge in [0.1, 0.15) is 11.3 Å². The van der Waals surface area contributed by atoms with E-state index in [1.165, 1.54) is 6.26 Å². The lowest BCUT2D eigenvalue weighted by atomic mass is 10.1. The van der Waals surface area contributed by atoms with Gasteiger partial charge in [-0.3, -0.25) is 10.1 Å². The molecule has 140 valence electrons. The van der Waals surface area contributed by atoms with E-state index in [0.717, 1.165) is 9.86 Å². The molecule has 0 bridgehead atoms. The van der Waals surface area contributed by atoms with Crippen LogP contribution in [0.25, 0.3) is 11.0 Å². The SMILES string of the molecule is Cc1c(C(=O)OCC(=O)NC(=O)NCc2ccco2)oc2ccc(Br)cc12. The van der Waals surface area contributed by atoms with Gasteiger partial charge in [-0.15, -0.1) is 0 Å². The van der Waals surface area contributed by atoms with Gasteiger partial charge in [0.2, 0.25) is 5.76 Å². The van der Waals surface area contributed by atoms with Crippen LogP contribution < -0.4 is 10.6 Å². The summed E-state index contributed by atoms with van der Waals surface area (Å²) in [5, 5.41) is 5.25. The second-order valence-corrected chi connectivity index (χ2v) is 6.50. The third kappa shape index (κ3) is 4.56. The fourth-order valence-electron chi connectivity index (χ4n) is 2.37. The molecule has 3 aromatic rings. The van der Waals surface area contributed by atoms with Crippen molar-refractivity contribution >= 4 is 44.8 Å². The Morgan fingerprint density at radius 1 is 1.22 bits per heavy atom. The number of hydrogen-bond acceptors (Lipinski definition) is 6. The van der Waals surface area contributed by atoms with Gasteiger partial charge in [0.15, 0.2) is 6.61 Å². The second-order valence-electron chi connectivity index (χ2n) is 5.58. The van der Waals surface area contributed by atoms with Crippen LogP contribution in [0.1, 0.15) is 21.9 Å². The Kier molecular flexibility index (Phi) is 5.60. The van der Waals surface area contributed by atoms with Gasteiger partial charge in [0.05, 0.1) is 12.8 Å². The Balaban J connectivity index is 1.52. The third-order valence-corrected chi connectivity index (χ3v) is 4.17. The van der Waals surface area contributed by atoms with Crippen molar-refractivity contribution in [2.75, 3.05) is 6.61 Å². The number of imide groups is 1. The summed E-state index contributed by atoms with van der Waals surface area (Å²) in [5.41, 5.74) is 1.14. The van der Waals surface area contributed by atoms with E-state index >= 15 is 0 Å². The molecule has 0 saturated heterocycles. The molecule has 0 aliphatic carbocycles. The van der Waals surface area contributed by atoms with Crippen LogP contribution in [0, 0.1) is 6.92 Å². The molecule has 3 amide bonds. The van der Waals surface area contributed by atoms with Crippen LogP contribution >= 0.6 is 15.9 Å². The molecular weight excluding hydrogens is 420 g/mol. The zero-order chi connectivity index (χ0) is 19.4. The number of ether oxygens (including phenoxy) is 1. The van der Waals surface area contributed by atoms with Gasteiger partial charge < -0.3 is 18.9 Å². The summed E-state index contributed by atoms with van der Waals surface area (Å²) in [6, 6.07) is 7.96. The van der Waals surface area contributed by atoms with Crippen molar-refractivity contribution in [3.8, 4) is 0 Å². The minimum absolute atomic E-state index is 0.0122.